The van der Waals surface area contributed by atoms with Gasteiger partial charge in [0, 0.05) is 49.1 Å². The number of carboxylic acid groups (broad SMARTS) is 1. The number of amides is 3. The minimum atomic E-state index is -4.68. The van der Waals surface area contributed by atoms with E-state index in [2.05, 4.69) is 10.3 Å². The van der Waals surface area contributed by atoms with Crippen LogP contribution in [-0.4, -0.2) is 76.2 Å². The molecule has 1 aromatic heterocycles. The van der Waals surface area contributed by atoms with Gasteiger partial charge in [0.25, 0.3) is 5.91 Å². The van der Waals surface area contributed by atoms with Gasteiger partial charge in [-0.05, 0) is 49.6 Å². The summed E-state index contributed by atoms with van der Waals surface area (Å²) in [7, 11) is 3.35. The molecule has 0 saturated heterocycles. The number of carbonyl (C=O) groups is 3. The monoisotopic (exact) mass is 633 g/mol. The topological polar surface area (TPSA) is 115 Å². The number of nitrogens with one attached hydrogen (secondary N) is 2. The molecule has 0 saturated carbocycles. The van der Waals surface area contributed by atoms with Gasteiger partial charge in [0.05, 0.1) is 11.6 Å². The van der Waals surface area contributed by atoms with Gasteiger partial charge in [-0.3, -0.25) is 9.78 Å². The van der Waals surface area contributed by atoms with Gasteiger partial charge in [-0.1, -0.05) is 25.1 Å². The van der Waals surface area contributed by atoms with E-state index in [4.69, 9.17) is 0 Å². The Kier molecular flexibility index (Phi) is 9.35. The van der Waals surface area contributed by atoms with Crippen molar-refractivity contribution in [2.45, 2.75) is 57.9 Å². The van der Waals surface area contributed by atoms with E-state index in [1.54, 1.807) is 43.3 Å². The molecule has 0 fully saturated rings. The standard InChI is InChI=1S/C31H32F5N5O4/c1-6-24(31(34,35)36)38-18-13-21(32)26(22(33)14-18)28(42)39-23(29(43)44)12-17-9-10-19(20-8-7-11-37-27(17)20)25-15(2)40(4)30(45)41(5)16(25)3/h7-11,13-15,23-24,38H,6,12H2,1-5H3,(H,39,42)(H,43,44)/t15?,23-,24+/m0/s1. The number of halogens is 5. The number of carboxylic acids is 1. The molecular weight excluding hydrogens is 601 g/mol. The van der Waals surface area contributed by atoms with Crippen molar-refractivity contribution in [3.63, 3.8) is 0 Å². The first-order valence-electron chi connectivity index (χ1n) is 14.0. The molecule has 1 aliphatic rings. The Labute approximate surface area is 255 Å². The number of nitrogens with zero attached hydrogens (tertiary/aromatic N) is 3. The van der Waals surface area contributed by atoms with Crippen LogP contribution in [0.5, 0.6) is 0 Å². The van der Waals surface area contributed by atoms with E-state index in [-0.39, 0.29) is 18.5 Å². The van der Waals surface area contributed by atoms with Crippen molar-refractivity contribution in [3.8, 4) is 0 Å². The predicted molar refractivity (Wildman–Crippen MR) is 157 cm³/mol. The molecule has 9 nitrogen and oxygen atoms in total. The zero-order chi connectivity index (χ0) is 33.4. The quantitative estimate of drug-likeness (QED) is 0.257. The Balaban J connectivity index is 1.65. The molecule has 3 amide bonds. The summed E-state index contributed by atoms with van der Waals surface area (Å²) in [4.78, 5) is 45.3. The second kappa shape index (κ2) is 12.7. The lowest BCUT2D eigenvalue weighted by molar-refractivity contribution is -0.143. The normalized spacial score (nSPS) is 17.0. The van der Waals surface area contributed by atoms with Crippen LogP contribution in [0.15, 0.2) is 48.3 Å². The molecule has 14 heteroatoms. The Bertz CT molecular complexity index is 1670. The summed E-state index contributed by atoms with van der Waals surface area (Å²) in [6, 6.07) is 3.81. The lowest BCUT2D eigenvalue weighted by Gasteiger charge is -2.39. The van der Waals surface area contributed by atoms with Crippen LogP contribution in [0, 0.1) is 11.6 Å². The fourth-order valence-corrected chi connectivity index (χ4v) is 5.41. The smallest absolute Gasteiger partial charge is 0.408 e. The van der Waals surface area contributed by atoms with Crippen LogP contribution in [0.2, 0.25) is 0 Å². The van der Waals surface area contributed by atoms with Crippen LogP contribution in [0.1, 0.15) is 48.7 Å². The maximum absolute atomic E-state index is 14.9. The third kappa shape index (κ3) is 6.54. The second-order valence-electron chi connectivity index (χ2n) is 10.8. The number of fused-ring (bicyclic) bond motifs is 1. The van der Waals surface area contributed by atoms with Crippen molar-refractivity contribution in [1.82, 2.24) is 20.1 Å². The highest BCUT2D eigenvalue weighted by atomic mass is 19.4. The molecule has 0 bridgehead atoms. The Hall–Kier alpha value is -4.75. The van der Waals surface area contributed by atoms with E-state index in [9.17, 15) is 41.4 Å². The van der Waals surface area contributed by atoms with Crippen LogP contribution < -0.4 is 10.6 Å². The van der Waals surface area contributed by atoms with E-state index < -0.39 is 59.4 Å². The van der Waals surface area contributed by atoms with E-state index >= 15 is 0 Å². The molecule has 0 spiro atoms. The maximum Gasteiger partial charge on any atom is 0.408 e. The van der Waals surface area contributed by atoms with Crippen molar-refractivity contribution in [3.05, 3.63) is 76.6 Å². The molecule has 4 rings (SSSR count). The molecule has 240 valence electrons. The van der Waals surface area contributed by atoms with Crippen LogP contribution in [-0.2, 0) is 11.2 Å². The van der Waals surface area contributed by atoms with E-state index in [1.807, 2.05) is 19.2 Å². The highest BCUT2D eigenvalue weighted by Gasteiger charge is 2.38. The first kappa shape index (κ1) is 33.1. The average Bonchev–Trinajstić information content (AvgIpc) is 2.97. The van der Waals surface area contributed by atoms with Gasteiger partial charge in [-0.25, -0.2) is 18.4 Å². The van der Waals surface area contributed by atoms with Crippen LogP contribution in [0.3, 0.4) is 0 Å². The summed E-state index contributed by atoms with van der Waals surface area (Å²) in [6.07, 6.45) is -3.89. The van der Waals surface area contributed by atoms with Crippen molar-refractivity contribution < 1.29 is 41.4 Å². The van der Waals surface area contributed by atoms with Crippen LogP contribution >= 0.6 is 0 Å². The number of hydrogen-bond acceptors (Lipinski definition) is 5. The van der Waals surface area contributed by atoms with Gasteiger partial charge in [0.15, 0.2) is 0 Å². The Morgan fingerprint density at radius 3 is 2.33 bits per heavy atom. The molecule has 2 heterocycles. The van der Waals surface area contributed by atoms with E-state index in [0.717, 1.165) is 16.8 Å². The number of hydrogen-bond donors (Lipinski definition) is 3. The highest BCUT2D eigenvalue weighted by molar-refractivity contribution is 5.99. The molecule has 0 aliphatic carbocycles. The number of benzene rings is 2. The summed E-state index contributed by atoms with van der Waals surface area (Å²) in [5.74, 6) is -5.82. The zero-order valence-corrected chi connectivity index (χ0v) is 25.1. The van der Waals surface area contributed by atoms with Crippen LogP contribution in [0.4, 0.5) is 32.4 Å². The summed E-state index contributed by atoms with van der Waals surface area (Å²) in [6.45, 7) is 4.95. The highest BCUT2D eigenvalue weighted by Crippen LogP contribution is 2.36. The predicted octanol–water partition coefficient (Wildman–Crippen LogP) is 5.81. The summed E-state index contributed by atoms with van der Waals surface area (Å²) >= 11 is 0. The van der Waals surface area contributed by atoms with Crippen molar-refractivity contribution in [2.75, 3.05) is 19.4 Å². The van der Waals surface area contributed by atoms with Crippen LogP contribution in [0.25, 0.3) is 16.5 Å². The van der Waals surface area contributed by atoms with Crippen molar-refractivity contribution in [2.24, 2.45) is 0 Å². The number of rotatable bonds is 9. The number of alkyl halides is 3. The molecule has 3 atom stereocenters. The van der Waals surface area contributed by atoms with E-state index in [0.29, 0.717) is 28.6 Å². The first-order chi connectivity index (χ1) is 21.1. The minimum absolute atomic E-state index is 0.173. The van der Waals surface area contributed by atoms with Crippen molar-refractivity contribution >= 4 is 40.1 Å². The molecule has 2 aromatic carbocycles. The van der Waals surface area contributed by atoms with Gasteiger partial charge < -0.3 is 25.5 Å². The first-order valence-corrected chi connectivity index (χ1v) is 14.0. The molecule has 3 aromatic rings. The number of carbonyl (C=O) groups excluding carboxylic acids is 2. The second-order valence-corrected chi connectivity index (χ2v) is 10.8. The number of pyridine rings is 1. The fraction of sp³-hybridized carbons (Fsp3) is 0.355. The SMILES string of the molecule is CC[C@@H](Nc1cc(F)c(C(=O)N[C@@H](Cc2ccc(C3=C(C)N(C)C(=O)N(C)C3C)c3cccnc23)C(=O)O)c(F)c1)C(F)(F)F. The third-order valence-electron chi connectivity index (χ3n) is 8.06. The third-order valence-corrected chi connectivity index (χ3v) is 8.06. The number of aromatic nitrogens is 1. The van der Waals surface area contributed by atoms with E-state index in [1.165, 1.54) is 18.0 Å². The molecule has 45 heavy (non-hydrogen) atoms. The minimum Gasteiger partial charge on any atom is -0.480 e. The fourth-order valence-electron chi connectivity index (χ4n) is 5.41. The Morgan fingerprint density at radius 1 is 1.11 bits per heavy atom. The van der Waals surface area contributed by atoms with Crippen molar-refractivity contribution in [1.29, 1.82) is 0 Å². The lowest BCUT2D eigenvalue weighted by atomic mass is 9.89. The number of likely N-dealkylation sites (N-methyl/N-ethyl adjacent to an activating group) is 1. The maximum atomic E-state index is 14.9. The van der Waals surface area contributed by atoms with Gasteiger partial charge in [-0.15, -0.1) is 0 Å². The molecule has 0 radical (unpaired) electrons. The summed E-state index contributed by atoms with van der Waals surface area (Å²) < 4.78 is 69.0. The Morgan fingerprint density at radius 2 is 1.76 bits per heavy atom. The molecule has 1 unspecified atom stereocenters. The lowest BCUT2D eigenvalue weighted by Crippen LogP contribution is -2.48. The number of urea groups is 1. The van der Waals surface area contributed by atoms with Gasteiger partial charge >= 0.3 is 18.2 Å². The largest absolute Gasteiger partial charge is 0.480 e. The average molecular weight is 634 g/mol. The molecule has 1 aliphatic heterocycles. The van der Waals surface area contributed by atoms with Gasteiger partial charge in [-0.2, -0.15) is 13.2 Å². The summed E-state index contributed by atoms with van der Waals surface area (Å²) in [5, 5.41) is 14.7. The summed E-state index contributed by atoms with van der Waals surface area (Å²) in [5.41, 5.74) is 1.53. The van der Waals surface area contributed by atoms with Gasteiger partial charge in [0.2, 0.25) is 0 Å². The number of anilines is 1. The number of aliphatic carboxylic acids is 1. The molecule has 3 N–H and O–H groups in total. The molecular formula is C31H32F5N5O4. The zero-order valence-electron chi connectivity index (χ0n) is 25.1. The van der Waals surface area contributed by atoms with Gasteiger partial charge in [0.1, 0.15) is 29.3 Å². The number of allylic oxidation sites excluding steroid dienone is 1.